The maximum Gasteiger partial charge on any atom is 0.501 e. The predicted molar refractivity (Wildman–Crippen MR) is 156 cm³/mol. The molecule has 0 amide bonds. The average molecular weight is 551 g/mol. The zero-order valence-electron chi connectivity index (χ0n) is 24.9. The van der Waals surface area contributed by atoms with Gasteiger partial charge in [-0.05, 0) is 12.8 Å². The fraction of sp³-hybridized carbons (Fsp3) is 1.00. The normalized spacial score (nSPS) is 12.5. The monoisotopic (exact) mass is 550 g/mol. The molecule has 0 aromatic rings. The second-order valence-electron chi connectivity index (χ2n) is 11.2. The minimum Gasteiger partial charge on any atom is -0.394 e. The number of quaternary nitrogens is 1. The van der Waals surface area contributed by atoms with E-state index in [0.717, 1.165) is 24.0 Å². The molecule has 0 aliphatic heterocycles. The van der Waals surface area contributed by atoms with Crippen LogP contribution in [-0.2, 0) is 13.3 Å². The maximum absolute atomic E-state index is 9.19. The van der Waals surface area contributed by atoms with Crippen molar-refractivity contribution in [2.24, 2.45) is 0 Å². The summed E-state index contributed by atoms with van der Waals surface area (Å²) in [5.74, 6) is 0. The highest BCUT2D eigenvalue weighted by Crippen LogP contribution is 2.20. The summed E-state index contributed by atoms with van der Waals surface area (Å²) in [7, 11) is 1.52. The summed E-state index contributed by atoms with van der Waals surface area (Å²) in [5, 5.41) is 27.6. The van der Waals surface area contributed by atoms with Gasteiger partial charge in [-0.3, -0.25) is 0 Å². The fourth-order valence-corrected chi connectivity index (χ4v) is 7.35. The standard InChI is InChI=1S/C29H64NO6Si/c1-4-5-6-7-8-9-10-11-12-13-14-15-16-17-18-19-21-30(2,3)22-20-29-37(34-26-23-31,35-27-24-32)36-28-25-33/h31-33H,4-29H2,1-3H3/q+1. The number of hydrogen-bond donors (Lipinski definition) is 3. The van der Waals surface area contributed by atoms with Gasteiger partial charge in [0.1, 0.15) is 0 Å². The molecule has 0 atom stereocenters. The number of aliphatic hydroxyl groups is 3. The zero-order valence-corrected chi connectivity index (χ0v) is 25.9. The minimum atomic E-state index is -3.02. The zero-order chi connectivity index (χ0) is 27.5. The smallest absolute Gasteiger partial charge is 0.394 e. The SMILES string of the molecule is CCCCCCCCCCCCCCCCCC[N+](C)(C)CCC[Si](OCCO)(OCCO)OCCO. The number of rotatable bonds is 30. The molecule has 0 unspecified atom stereocenters. The molecular formula is C29H64NO6Si+. The third-order valence-electron chi connectivity index (χ3n) is 7.10. The first-order chi connectivity index (χ1) is 17.9. The van der Waals surface area contributed by atoms with Gasteiger partial charge < -0.3 is 33.1 Å². The van der Waals surface area contributed by atoms with Crippen molar-refractivity contribution in [3.63, 3.8) is 0 Å². The van der Waals surface area contributed by atoms with E-state index in [1.807, 2.05) is 0 Å². The summed E-state index contributed by atoms with van der Waals surface area (Å²) >= 11 is 0. The van der Waals surface area contributed by atoms with Crippen molar-refractivity contribution >= 4 is 8.80 Å². The summed E-state index contributed by atoms with van der Waals surface area (Å²) < 4.78 is 18.4. The van der Waals surface area contributed by atoms with E-state index in [2.05, 4.69) is 21.0 Å². The van der Waals surface area contributed by atoms with Gasteiger partial charge in [-0.1, -0.05) is 96.8 Å². The molecule has 0 spiro atoms. The quantitative estimate of drug-likeness (QED) is 0.0606. The molecule has 7 nitrogen and oxygen atoms in total. The Bertz CT molecular complexity index is 448. The molecule has 0 saturated carbocycles. The number of hydrogen-bond acceptors (Lipinski definition) is 6. The molecule has 0 bridgehead atoms. The number of nitrogens with zero attached hydrogens (tertiary/aromatic N) is 1. The lowest BCUT2D eigenvalue weighted by Crippen LogP contribution is -2.49. The van der Waals surface area contributed by atoms with Gasteiger partial charge in [-0.15, -0.1) is 0 Å². The molecule has 0 aromatic heterocycles. The molecule has 224 valence electrons. The van der Waals surface area contributed by atoms with Crippen LogP contribution in [0.2, 0.25) is 6.04 Å². The van der Waals surface area contributed by atoms with Gasteiger partial charge in [0.15, 0.2) is 0 Å². The topological polar surface area (TPSA) is 88.4 Å². The first kappa shape index (κ1) is 36.9. The van der Waals surface area contributed by atoms with Crippen LogP contribution < -0.4 is 0 Å². The Morgan fingerprint density at radius 1 is 0.486 bits per heavy atom. The molecule has 0 heterocycles. The lowest BCUT2D eigenvalue weighted by atomic mass is 10.0. The molecule has 0 rings (SSSR count). The highest BCUT2D eigenvalue weighted by atomic mass is 28.4. The molecule has 8 heteroatoms. The molecule has 0 aliphatic carbocycles. The largest absolute Gasteiger partial charge is 0.501 e. The van der Waals surface area contributed by atoms with Gasteiger partial charge >= 0.3 is 8.80 Å². The summed E-state index contributed by atoms with van der Waals surface area (Å²) in [6.45, 7) is 4.51. The Labute approximate surface area is 230 Å². The second-order valence-corrected chi connectivity index (χ2v) is 13.9. The van der Waals surface area contributed by atoms with Crippen LogP contribution in [0.25, 0.3) is 0 Å². The van der Waals surface area contributed by atoms with Crippen LogP contribution in [0.4, 0.5) is 0 Å². The Balaban J connectivity index is 3.89. The van der Waals surface area contributed by atoms with E-state index >= 15 is 0 Å². The number of unbranched alkanes of at least 4 members (excludes halogenated alkanes) is 15. The predicted octanol–water partition coefficient (Wildman–Crippen LogP) is 5.68. The molecule has 0 aliphatic rings. The Hall–Kier alpha value is -0.0631. The molecule has 0 radical (unpaired) electrons. The van der Waals surface area contributed by atoms with Crippen LogP contribution in [0.5, 0.6) is 0 Å². The van der Waals surface area contributed by atoms with Crippen LogP contribution >= 0.6 is 0 Å². The van der Waals surface area contributed by atoms with Gasteiger partial charge in [0, 0.05) is 12.5 Å². The molecule has 0 fully saturated rings. The first-order valence-electron chi connectivity index (χ1n) is 15.5. The van der Waals surface area contributed by atoms with E-state index in [-0.39, 0.29) is 39.6 Å². The summed E-state index contributed by atoms with van der Waals surface area (Å²) in [6, 6.07) is 0.619. The minimum absolute atomic E-state index is 0.111. The van der Waals surface area contributed by atoms with E-state index in [4.69, 9.17) is 13.3 Å². The van der Waals surface area contributed by atoms with Crippen molar-refractivity contribution in [1.82, 2.24) is 0 Å². The van der Waals surface area contributed by atoms with E-state index in [0.29, 0.717) is 6.04 Å². The average Bonchev–Trinajstić information content (AvgIpc) is 2.89. The molecular weight excluding hydrogens is 486 g/mol. The summed E-state index contributed by atoms with van der Waals surface area (Å²) in [4.78, 5) is 0. The highest BCUT2D eigenvalue weighted by Gasteiger charge is 2.41. The van der Waals surface area contributed by atoms with Crippen LogP contribution in [0.3, 0.4) is 0 Å². The van der Waals surface area contributed by atoms with Crippen LogP contribution in [0.1, 0.15) is 116 Å². The van der Waals surface area contributed by atoms with E-state index in [9.17, 15) is 15.3 Å². The summed E-state index contributed by atoms with van der Waals surface area (Å²) in [5.41, 5.74) is 0. The van der Waals surface area contributed by atoms with Crippen molar-refractivity contribution in [2.45, 2.75) is 122 Å². The highest BCUT2D eigenvalue weighted by molar-refractivity contribution is 6.60. The lowest BCUT2D eigenvalue weighted by Gasteiger charge is -2.33. The van der Waals surface area contributed by atoms with Crippen molar-refractivity contribution in [3.05, 3.63) is 0 Å². The first-order valence-corrected chi connectivity index (χ1v) is 17.4. The van der Waals surface area contributed by atoms with Crippen molar-refractivity contribution < 1.29 is 33.1 Å². The van der Waals surface area contributed by atoms with Crippen molar-refractivity contribution in [3.8, 4) is 0 Å². The molecule has 37 heavy (non-hydrogen) atoms. The molecule has 0 aromatic carbocycles. The van der Waals surface area contributed by atoms with E-state index < -0.39 is 8.80 Å². The third-order valence-corrected chi connectivity index (χ3v) is 10.0. The fourth-order valence-electron chi connectivity index (χ4n) is 4.87. The van der Waals surface area contributed by atoms with E-state index in [1.54, 1.807) is 0 Å². The van der Waals surface area contributed by atoms with Gasteiger partial charge in [-0.25, -0.2) is 0 Å². The Kier molecular flexibility index (Phi) is 26.1. The van der Waals surface area contributed by atoms with Gasteiger partial charge in [-0.2, -0.15) is 0 Å². The van der Waals surface area contributed by atoms with Crippen molar-refractivity contribution in [1.29, 1.82) is 0 Å². The summed E-state index contributed by atoms with van der Waals surface area (Å²) in [6.07, 6.45) is 23.1. The number of aliphatic hydroxyl groups excluding tert-OH is 3. The van der Waals surface area contributed by atoms with Crippen LogP contribution in [0, 0.1) is 0 Å². The Morgan fingerprint density at radius 3 is 1.16 bits per heavy atom. The van der Waals surface area contributed by atoms with Crippen LogP contribution in [0.15, 0.2) is 0 Å². The Morgan fingerprint density at radius 2 is 0.811 bits per heavy atom. The van der Waals surface area contributed by atoms with Crippen molar-refractivity contribution in [2.75, 3.05) is 66.8 Å². The van der Waals surface area contributed by atoms with Gasteiger partial charge in [0.25, 0.3) is 0 Å². The third kappa shape index (κ3) is 23.5. The van der Waals surface area contributed by atoms with E-state index in [1.165, 1.54) is 103 Å². The lowest BCUT2D eigenvalue weighted by molar-refractivity contribution is -0.890. The molecule has 0 saturated heterocycles. The van der Waals surface area contributed by atoms with Gasteiger partial charge in [0.05, 0.1) is 66.8 Å². The van der Waals surface area contributed by atoms with Gasteiger partial charge in [0.2, 0.25) is 0 Å². The van der Waals surface area contributed by atoms with Crippen LogP contribution in [-0.4, -0.2) is 95.4 Å². The second kappa shape index (κ2) is 26.2. The molecule has 3 N–H and O–H groups in total. The maximum atomic E-state index is 9.19.